The molecule has 0 unspecified atom stereocenters. The average molecular weight is 604 g/mol. The summed E-state index contributed by atoms with van der Waals surface area (Å²) < 4.78 is 8.09. The molecule has 6 rings (SSSR count). The minimum Gasteiger partial charge on any atom is -0.495 e. The Hall–Kier alpha value is -3.14. The second-order valence-corrected chi connectivity index (χ2v) is 13.9. The number of fused-ring (bicyclic) bond motifs is 5. The maximum atomic E-state index is 14.4. The van der Waals surface area contributed by atoms with Gasteiger partial charge in [-0.1, -0.05) is 13.0 Å². The fourth-order valence-electron chi connectivity index (χ4n) is 6.99. The highest BCUT2D eigenvalue weighted by Crippen LogP contribution is 2.48. The molecule has 1 aromatic carbocycles. The molecule has 43 heavy (non-hydrogen) atoms. The van der Waals surface area contributed by atoms with Crippen LogP contribution in [0, 0.1) is 0 Å². The Morgan fingerprint density at radius 1 is 1.00 bits per heavy atom. The smallest absolute Gasteiger partial charge is 0.271 e. The van der Waals surface area contributed by atoms with E-state index in [1.807, 2.05) is 0 Å². The number of likely N-dealkylation sites (N-methyl/N-ethyl adjacent to an activating group) is 1. The highest BCUT2D eigenvalue weighted by atomic mass is 32.1. The summed E-state index contributed by atoms with van der Waals surface area (Å²) in [5.74, 6) is 0.769. The molecule has 230 valence electrons. The number of hydrogen-bond acceptors (Lipinski definition) is 6. The predicted molar refractivity (Wildman–Crippen MR) is 174 cm³/mol. The van der Waals surface area contributed by atoms with Crippen LogP contribution in [0.25, 0.3) is 21.7 Å². The van der Waals surface area contributed by atoms with E-state index in [9.17, 15) is 9.59 Å². The second kappa shape index (κ2) is 12.1. The standard InChI is InChI=1S/C34H45N5O3S/c1-6-36-15-17-37(18-16-36)22-29(40)35-26-21-25-23(20-27(26)42-5)12-14-38-31(25)30(28-11-9-19-43-28)24-10-7-8-13-39(34(2,3)4)33(41)32(24)38/h9,11,19-21H,6-8,10,12-18,22H2,1-5H3,(H,35,40). The lowest BCUT2D eigenvalue weighted by molar-refractivity contribution is -0.117. The zero-order valence-electron chi connectivity index (χ0n) is 26.3. The molecule has 0 bridgehead atoms. The fraction of sp³-hybridized carbons (Fsp3) is 0.529. The van der Waals surface area contributed by atoms with Crippen molar-refractivity contribution in [3.63, 3.8) is 0 Å². The Balaban J connectivity index is 1.42. The van der Waals surface area contributed by atoms with E-state index in [2.05, 4.69) is 81.9 Å². The Bertz CT molecular complexity index is 1500. The Morgan fingerprint density at radius 2 is 1.77 bits per heavy atom. The molecule has 2 amide bonds. The molecule has 3 aliphatic rings. The second-order valence-electron chi connectivity index (χ2n) is 13.0. The van der Waals surface area contributed by atoms with Gasteiger partial charge in [-0.2, -0.15) is 0 Å². The van der Waals surface area contributed by atoms with Gasteiger partial charge in [-0.15, -0.1) is 11.3 Å². The number of benzene rings is 1. The van der Waals surface area contributed by atoms with E-state index in [0.29, 0.717) is 18.0 Å². The maximum Gasteiger partial charge on any atom is 0.271 e. The molecular weight excluding hydrogens is 558 g/mol. The summed E-state index contributed by atoms with van der Waals surface area (Å²) in [6, 6.07) is 8.43. The molecule has 0 spiro atoms. The Labute approximate surface area is 259 Å². The van der Waals surface area contributed by atoms with Crippen molar-refractivity contribution in [2.45, 2.75) is 65.5 Å². The van der Waals surface area contributed by atoms with Crippen molar-refractivity contribution in [2.24, 2.45) is 0 Å². The lowest BCUT2D eigenvalue weighted by Gasteiger charge is -2.37. The Kier molecular flexibility index (Phi) is 8.41. The summed E-state index contributed by atoms with van der Waals surface area (Å²) in [6.45, 7) is 15.3. The zero-order valence-corrected chi connectivity index (χ0v) is 27.1. The molecule has 0 saturated carbocycles. The van der Waals surface area contributed by atoms with Crippen LogP contribution in [0.3, 0.4) is 0 Å². The molecule has 1 saturated heterocycles. The van der Waals surface area contributed by atoms with Crippen molar-refractivity contribution >= 4 is 28.8 Å². The van der Waals surface area contributed by atoms with Crippen LogP contribution < -0.4 is 10.1 Å². The van der Waals surface area contributed by atoms with Gasteiger partial charge in [0.2, 0.25) is 5.91 Å². The van der Waals surface area contributed by atoms with Crippen LogP contribution in [0.5, 0.6) is 5.75 Å². The normalized spacial score (nSPS) is 18.0. The van der Waals surface area contributed by atoms with E-state index < -0.39 is 0 Å². The van der Waals surface area contributed by atoms with Gasteiger partial charge in [-0.3, -0.25) is 14.5 Å². The van der Waals surface area contributed by atoms with Gasteiger partial charge in [-0.05, 0) is 87.7 Å². The van der Waals surface area contributed by atoms with Crippen LogP contribution in [-0.4, -0.2) is 89.5 Å². The minimum absolute atomic E-state index is 0.0314. The lowest BCUT2D eigenvalue weighted by Crippen LogP contribution is -2.48. The number of piperazine rings is 1. The van der Waals surface area contributed by atoms with Gasteiger partial charge in [0, 0.05) is 60.8 Å². The third-order valence-electron chi connectivity index (χ3n) is 9.29. The number of thiophene rings is 1. The van der Waals surface area contributed by atoms with E-state index in [0.717, 1.165) is 94.0 Å². The highest BCUT2D eigenvalue weighted by Gasteiger charge is 2.37. The summed E-state index contributed by atoms with van der Waals surface area (Å²) in [4.78, 5) is 35.5. The molecule has 3 aliphatic heterocycles. The van der Waals surface area contributed by atoms with Crippen molar-refractivity contribution in [1.82, 2.24) is 19.3 Å². The molecule has 2 aromatic heterocycles. The fourth-order valence-corrected chi connectivity index (χ4v) is 7.79. The summed E-state index contributed by atoms with van der Waals surface area (Å²) >= 11 is 1.72. The van der Waals surface area contributed by atoms with E-state index in [-0.39, 0.29) is 17.4 Å². The third kappa shape index (κ3) is 5.75. The first-order valence-electron chi connectivity index (χ1n) is 15.8. The molecule has 1 N–H and O–H groups in total. The number of ether oxygens (including phenoxy) is 1. The van der Waals surface area contributed by atoms with Crippen molar-refractivity contribution in [3.05, 3.63) is 46.5 Å². The molecule has 5 heterocycles. The third-order valence-corrected chi connectivity index (χ3v) is 10.2. The quantitative estimate of drug-likeness (QED) is 0.397. The van der Waals surface area contributed by atoms with E-state index in [1.54, 1.807) is 18.4 Å². The number of methoxy groups -OCH3 is 1. The molecule has 0 radical (unpaired) electrons. The summed E-state index contributed by atoms with van der Waals surface area (Å²) in [6.07, 6.45) is 3.71. The number of aryl methyl sites for hydroxylation is 1. The number of anilines is 1. The van der Waals surface area contributed by atoms with Gasteiger partial charge < -0.3 is 24.4 Å². The highest BCUT2D eigenvalue weighted by molar-refractivity contribution is 7.13. The number of aromatic nitrogens is 1. The average Bonchev–Trinajstić information content (AvgIpc) is 3.61. The van der Waals surface area contributed by atoms with Crippen molar-refractivity contribution in [1.29, 1.82) is 0 Å². The molecule has 3 aromatic rings. The van der Waals surface area contributed by atoms with Crippen LogP contribution in [-0.2, 0) is 24.2 Å². The lowest BCUT2D eigenvalue weighted by atomic mass is 9.92. The topological polar surface area (TPSA) is 70.1 Å². The van der Waals surface area contributed by atoms with Gasteiger partial charge in [0.25, 0.3) is 5.91 Å². The first-order valence-corrected chi connectivity index (χ1v) is 16.6. The van der Waals surface area contributed by atoms with E-state index in [1.165, 1.54) is 16.0 Å². The number of hydrogen-bond donors (Lipinski definition) is 1. The number of nitrogens with one attached hydrogen (secondary N) is 1. The van der Waals surface area contributed by atoms with Gasteiger partial charge in [0.05, 0.1) is 25.0 Å². The first kappa shape index (κ1) is 29.9. The van der Waals surface area contributed by atoms with Gasteiger partial charge in [-0.25, -0.2) is 0 Å². The van der Waals surface area contributed by atoms with Crippen LogP contribution in [0.15, 0.2) is 29.6 Å². The zero-order chi connectivity index (χ0) is 30.3. The van der Waals surface area contributed by atoms with Crippen LogP contribution in [0.1, 0.15) is 62.2 Å². The molecule has 9 heteroatoms. The van der Waals surface area contributed by atoms with Crippen molar-refractivity contribution in [3.8, 4) is 27.4 Å². The maximum absolute atomic E-state index is 14.4. The molecular formula is C34H45N5O3S. The van der Waals surface area contributed by atoms with Gasteiger partial charge in [0.15, 0.2) is 0 Å². The minimum atomic E-state index is -0.264. The van der Waals surface area contributed by atoms with Gasteiger partial charge in [0.1, 0.15) is 11.4 Å². The first-order chi connectivity index (χ1) is 20.7. The number of amides is 2. The molecule has 0 aliphatic carbocycles. The number of carbonyl (C=O) groups is 2. The summed E-state index contributed by atoms with van der Waals surface area (Å²) in [7, 11) is 1.66. The number of rotatable bonds is 6. The Morgan fingerprint density at radius 3 is 2.44 bits per heavy atom. The largest absolute Gasteiger partial charge is 0.495 e. The molecule has 0 atom stereocenters. The summed E-state index contributed by atoms with van der Waals surface area (Å²) in [5.41, 5.74) is 6.94. The monoisotopic (exact) mass is 603 g/mol. The SMILES string of the molecule is CCN1CCN(CC(=O)Nc2cc3c(cc2OC)CCn2c4c(c(-c5cccs5)c2-3)CCCCN(C(C)(C)C)C4=O)CC1. The summed E-state index contributed by atoms with van der Waals surface area (Å²) in [5, 5.41) is 5.30. The van der Waals surface area contributed by atoms with Crippen LogP contribution >= 0.6 is 11.3 Å². The molecule has 1 fully saturated rings. The van der Waals surface area contributed by atoms with Crippen molar-refractivity contribution in [2.75, 3.05) is 58.2 Å². The van der Waals surface area contributed by atoms with Crippen molar-refractivity contribution < 1.29 is 14.3 Å². The number of nitrogens with zero attached hydrogens (tertiary/aromatic N) is 4. The van der Waals surface area contributed by atoms with Crippen LogP contribution in [0.2, 0.25) is 0 Å². The van der Waals surface area contributed by atoms with Crippen LogP contribution in [0.4, 0.5) is 5.69 Å². The van der Waals surface area contributed by atoms with E-state index >= 15 is 0 Å². The predicted octanol–water partition coefficient (Wildman–Crippen LogP) is 5.60. The molecule has 8 nitrogen and oxygen atoms in total. The number of carbonyl (C=O) groups excluding carboxylic acids is 2. The van der Waals surface area contributed by atoms with Gasteiger partial charge >= 0.3 is 0 Å². The van der Waals surface area contributed by atoms with E-state index in [4.69, 9.17) is 4.74 Å².